The van der Waals surface area contributed by atoms with Gasteiger partial charge in [0.15, 0.2) is 0 Å². The van der Waals surface area contributed by atoms with Crippen molar-refractivity contribution in [1.82, 2.24) is 5.32 Å². The molecule has 5 heteroatoms. The molecule has 1 aromatic rings. The molecule has 1 atom stereocenters. The molecule has 1 rings (SSSR count). The van der Waals surface area contributed by atoms with Crippen LogP contribution in [0.1, 0.15) is 11.8 Å². The summed E-state index contributed by atoms with van der Waals surface area (Å²) in [5.74, 6) is 0.0991. The van der Waals surface area contributed by atoms with E-state index < -0.39 is 0 Å². The van der Waals surface area contributed by atoms with Crippen LogP contribution in [0.15, 0.2) is 15.9 Å². The van der Waals surface area contributed by atoms with E-state index in [2.05, 4.69) is 21.2 Å². The Morgan fingerprint density at radius 1 is 1.71 bits per heavy atom. The molecular formula is C9H12BrNOS2. The first kappa shape index (κ1) is 12.1. The molecule has 0 radical (unpaired) electrons. The van der Waals surface area contributed by atoms with Crippen molar-refractivity contribution < 1.29 is 4.79 Å². The van der Waals surface area contributed by atoms with Crippen LogP contribution in [0.5, 0.6) is 0 Å². The zero-order valence-corrected chi connectivity index (χ0v) is 11.3. The smallest absolute Gasteiger partial charge is 0.233 e. The van der Waals surface area contributed by atoms with Crippen molar-refractivity contribution in [2.24, 2.45) is 0 Å². The predicted octanol–water partition coefficient (Wildman–Crippen LogP) is 2.88. The molecule has 2 nitrogen and oxygen atoms in total. The normalized spacial score (nSPS) is 12.5. The number of carbonyl (C=O) groups excluding carboxylic acids is 1. The highest BCUT2D eigenvalue weighted by Gasteiger charge is 2.10. The maximum Gasteiger partial charge on any atom is 0.233 e. The van der Waals surface area contributed by atoms with Gasteiger partial charge < -0.3 is 5.32 Å². The summed E-state index contributed by atoms with van der Waals surface area (Å²) in [5.41, 5.74) is 0. The molecule has 1 heterocycles. The topological polar surface area (TPSA) is 29.1 Å². The Hall–Kier alpha value is -0.0000000000000000833. The third-order valence-corrected chi connectivity index (χ3v) is 4.33. The number of amides is 1. The van der Waals surface area contributed by atoms with Crippen LogP contribution < -0.4 is 5.32 Å². The fourth-order valence-corrected chi connectivity index (χ4v) is 2.59. The van der Waals surface area contributed by atoms with Crippen LogP contribution in [-0.4, -0.2) is 17.4 Å². The third kappa shape index (κ3) is 3.63. The van der Waals surface area contributed by atoms with Crippen LogP contribution in [0, 0.1) is 0 Å². The molecular weight excluding hydrogens is 282 g/mol. The van der Waals surface area contributed by atoms with Gasteiger partial charge in [0.05, 0.1) is 15.6 Å². The van der Waals surface area contributed by atoms with Crippen molar-refractivity contribution >= 4 is 44.9 Å². The van der Waals surface area contributed by atoms with Crippen molar-refractivity contribution in [1.29, 1.82) is 0 Å². The summed E-state index contributed by atoms with van der Waals surface area (Å²) in [6, 6.07) is 4.00. The highest BCUT2D eigenvalue weighted by Crippen LogP contribution is 2.21. The molecule has 78 valence electrons. The van der Waals surface area contributed by atoms with Crippen molar-refractivity contribution in [3.8, 4) is 0 Å². The Morgan fingerprint density at radius 2 is 2.43 bits per heavy atom. The number of thiophene rings is 1. The van der Waals surface area contributed by atoms with Gasteiger partial charge in [-0.3, -0.25) is 4.79 Å². The van der Waals surface area contributed by atoms with E-state index >= 15 is 0 Å². The van der Waals surface area contributed by atoms with Crippen LogP contribution in [0.3, 0.4) is 0 Å². The first-order chi connectivity index (χ1) is 6.63. The van der Waals surface area contributed by atoms with E-state index in [1.165, 1.54) is 4.88 Å². The van der Waals surface area contributed by atoms with E-state index in [1.54, 1.807) is 23.1 Å². The van der Waals surface area contributed by atoms with E-state index in [0.29, 0.717) is 6.54 Å². The maximum atomic E-state index is 11.4. The van der Waals surface area contributed by atoms with Crippen molar-refractivity contribution in [3.63, 3.8) is 0 Å². The summed E-state index contributed by atoms with van der Waals surface area (Å²) >= 11 is 6.58. The molecule has 0 aromatic carbocycles. The SMILES string of the molecule is CS[C@@H](C)C(=O)NCc1ccc(Br)s1. The van der Waals surface area contributed by atoms with Gasteiger partial charge in [0.1, 0.15) is 0 Å². The standard InChI is InChI=1S/C9H12BrNOS2/c1-6(13-2)9(12)11-5-7-3-4-8(10)14-7/h3-4,6H,5H2,1-2H3,(H,11,12)/t6-/m0/s1. The molecule has 0 aliphatic heterocycles. The number of carbonyl (C=O) groups is 1. The molecule has 0 fully saturated rings. The Kier molecular flexibility index (Phi) is 4.98. The zero-order chi connectivity index (χ0) is 10.6. The lowest BCUT2D eigenvalue weighted by Gasteiger charge is -2.08. The highest BCUT2D eigenvalue weighted by atomic mass is 79.9. The van der Waals surface area contributed by atoms with E-state index in [1.807, 2.05) is 25.3 Å². The number of halogens is 1. The summed E-state index contributed by atoms with van der Waals surface area (Å²) in [5, 5.41) is 2.92. The molecule has 0 spiro atoms. The Balaban J connectivity index is 2.37. The maximum absolute atomic E-state index is 11.4. The Bertz CT molecular complexity index is 314. The first-order valence-electron chi connectivity index (χ1n) is 4.18. The lowest BCUT2D eigenvalue weighted by molar-refractivity contribution is -0.120. The predicted molar refractivity (Wildman–Crippen MR) is 66.8 cm³/mol. The molecule has 0 aliphatic carbocycles. The van der Waals surface area contributed by atoms with E-state index in [9.17, 15) is 4.79 Å². The Labute approximate surface area is 101 Å². The van der Waals surface area contributed by atoms with Crippen LogP contribution in [-0.2, 0) is 11.3 Å². The van der Waals surface area contributed by atoms with Crippen LogP contribution in [0.4, 0.5) is 0 Å². The molecule has 0 bridgehead atoms. The second-order valence-corrected chi connectivity index (χ2v) is 6.53. The second-order valence-electron chi connectivity index (χ2n) is 2.80. The van der Waals surface area contributed by atoms with Gasteiger partial charge in [-0.15, -0.1) is 11.3 Å². The monoisotopic (exact) mass is 293 g/mol. The van der Waals surface area contributed by atoms with Crippen molar-refractivity contribution in [2.75, 3.05) is 6.26 Å². The molecule has 14 heavy (non-hydrogen) atoms. The Morgan fingerprint density at radius 3 is 2.93 bits per heavy atom. The first-order valence-corrected chi connectivity index (χ1v) is 7.08. The highest BCUT2D eigenvalue weighted by molar-refractivity contribution is 9.11. The fourth-order valence-electron chi connectivity index (χ4n) is 0.872. The quantitative estimate of drug-likeness (QED) is 0.925. The van der Waals surface area contributed by atoms with Gasteiger partial charge in [-0.2, -0.15) is 11.8 Å². The molecule has 0 unspecified atom stereocenters. The third-order valence-electron chi connectivity index (χ3n) is 1.79. The van der Waals surface area contributed by atoms with Gasteiger partial charge in [-0.1, -0.05) is 0 Å². The van der Waals surface area contributed by atoms with Gasteiger partial charge >= 0.3 is 0 Å². The summed E-state index contributed by atoms with van der Waals surface area (Å²) in [4.78, 5) is 12.6. The molecule has 1 amide bonds. The van der Waals surface area contributed by atoms with Crippen molar-refractivity contribution in [2.45, 2.75) is 18.7 Å². The van der Waals surface area contributed by atoms with Gasteiger partial charge in [0.25, 0.3) is 0 Å². The minimum atomic E-state index is 0.0263. The summed E-state index contributed by atoms with van der Waals surface area (Å²) in [6.45, 7) is 2.53. The van der Waals surface area contributed by atoms with E-state index in [-0.39, 0.29) is 11.2 Å². The molecule has 0 aliphatic rings. The zero-order valence-electron chi connectivity index (χ0n) is 8.04. The van der Waals surface area contributed by atoms with Crippen LogP contribution in [0.25, 0.3) is 0 Å². The lowest BCUT2D eigenvalue weighted by atomic mass is 10.4. The number of thioether (sulfide) groups is 1. The minimum absolute atomic E-state index is 0.0263. The van der Waals surface area contributed by atoms with E-state index in [4.69, 9.17) is 0 Å². The minimum Gasteiger partial charge on any atom is -0.350 e. The number of hydrogen-bond acceptors (Lipinski definition) is 3. The number of nitrogens with one attached hydrogen (secondary N) is 1. The largest absolute Gasteiger partial charge is 0.350 e. The average Bonchev–Trinajstić information content (AvgIpc) is 2.59. The van der Waals surface area contributed by atoms with Crippen LogP contribution >= 0.6 is 39.0 Å². The van der Waals surface area contributed by atoms with Gasteiger partial charge in [-0.25, -0.2) is 0 Å². The fraction of sp³-hybridized carbons (Fsp3) is 0.444. The van der Waals surface area contributed by atoms with Gasteiger partial charge in [0.2, 0.25) is 5.91 Å². The van der Waals surface area contributed by atoms with Crippen LogP contribution in [0.2, 0.25) is 0 Å². The van der Waals surface area contributed by atoms with Crippen molar-refractivity contribution in [3.05, 3.63) is 20.8 Å². The molecule has 0 saturated heterocycles. The lowest BCUT2D eigenvalue weighted by Crippen LogP contribution is -2.29. The molecule has 0 saturated carbocycles. The molecule has 1 N–H and O–H groups in total. The summed E-state index contributed by atoms with van der Waals surface area (Å²) in [6.07, 6.45) is 1.94. The summed E-state index contributed by atoms with van der Waals surface area (Å²) in [7, 11) is 0. The number of rotatable bonds is 4. The summed E-state index contributed by atoms with van der Waals surface area (Å²) < 4.78 is 1.10. The second kappa shape index (κ2) is 5.78. The van der Waals surface area contributed by atoms with Gasteiger partial charge in [0, 0.05) is 4.88 Å². The molecule has 1 aromatic heterocycles. The van der Waals surface area contributed by atoms with E-state index in [0.717, 1.165) is 3.79 Å². The average molecular weight is 294 g/mol. The van der Waals surface area contributed by atoms with Gasteiger partial charge in [-0.05, 0) is 41.2 Å². The number of hydrogen-bond donors (Lipinski definition) is 1.